The second-order valence-electron chi connectivity index (χ2n) is 6.31. The van der Waals surface area contributed by atoms with Crippen LogP contribution in [0.15, 0.2) is 54.1 Å². The summed E-state index contributed by atoms with van der Waals surface area (Å²) in [6.45, 7) is 0. The van der Waals surface area contributed by atoms with E-state index in [9.17, 15) is 21.6 Å². The largest absolute Gasteiger partial charge is 0.416 e. The minimum atomic E-state index is -4.79. The van der Waals surface area contributed by atoms with Crippen molar-refractivity contribution in [1.82, 2.24) is 29.9 Å². The molecule has 166 valence electrons. The van der Waals surface area contributed by atoms with Crippen molar-refractivity contribution in [3.63, 3.8) is 0 Å². The van der Waals surface area contributed by atoms with E-state index in [1.165, 1.54) is 35.6 Å². The fourth-order valence-corrected chi connectivity index (χ4v) is 4.33. The molecule has 9 nitrogen and oxygen atoms in total. The molecular weight excluding hydrogens is 494 g/mol. The zero-order valence-corrected chi connectivity index (χ0v) is 17.8. The van der Waals surface area contributed by atoms with E-state index in [0.717, 1.165) is 6.07 Å². The van der Waals surface area contributed by atoms with Crippen LogP contribution in [0.3, 0.4) is 0 Å². The lowest BCUT2D eigenvalue weighted by molar-refractivity contribution is -0.137. The Kier molecular flexibility index (Phi) is 5.56. The molecule has 0 aliphatic heterocycles. The summed E-state index contributed by atoms with van der Waals surface area (Å²) in [5.74, 6) is 0.128. The number of nitrogens with zero attached hydrogens (tertiary/aromatic N) is 5. The highest BCUT2D eigenvalue weighted by Crippen LogP contribution is 2.34. The van der Waals surface area contributed by atoms with E-state index in [1.54, 1.807) is 0 Å². The zero-order chi connectivity index (χ0) is 23.1. The van der Waals surface area contributed by atoms with Gasteiger partial charge in [-0.25, -0.2) is 13.4 Å². The van der Waals surface area contributed by atoms with E-state index in [-0.39, 0.29) is 22.2 Å². The maximum atomic E-state index is 13.1. The van der Waals surface area contributed by atoms with Crippen LogP contribution < -0.4 is 4.72 Å². The molecule has 0 atom stereocenters. The summed E-state index contributed by atoms with van der Waals surface area (Å²) in [6, 6.07) is 3.23. The number of rotatable bonds is 5. The van der Waals surface area contributed by atoms with Crippen LogP contribution in [0.1, 0.15) is 5.56 Å². The fraction of sp³-hybridized carbons (Fsp3) is 0.0588. The van der Waals surface area contributed by atoms with Gasteiger partial charge in [-0.1, -0.05) is 23.2 Å². The Morgan fingerprint density at radius 3 is 2.53 bits per heavy atom. The number of nitrogens with one attached hydrogen (secondary N) is 2. The Balaban J connectivity index is 1.79. The molecule has 3 aromatic heterocycles. The number of alkyl halides is 3. The average molecular weight is 504 g/mol. The Labute approximate surface area is 188 Å². The SMILES string of the molecule is O=S(=O)(Nc1cc(Cl)cnc1-c1nncn1-c1cn[nH]c1)c1cc(Cl)cc(C(F)(F)F)c1. The first-order valence-corrected chi connectivity index (χ1v) is 10.7. The first kappa shape index (κ1) is 22.0. The molecule has 0 saturated carbocycles. The Morgan fingerprint density at radius 2 is 1.84 bits per heavy atom. The van der Waals surface area contributed by atoms with Crippen molar-refractivity contribution >= 4 is 38.9 Å². The van der Waals surface area contributed by atoms with E-state index < -0.39 is 31.7 Å². The molecule has 0 radical (unpaired) electrons. The molecule has 15 heteroatoms. The fourth-order valence-electron chi connectivity index (χ4n) is 2.74. The number of sulfonamides is 1. The molecule has 0 bridgehead atoms. The minimum absolute atomic E-state index is 0.0229. The lowest BCUT2D eigenvalue weighted by Crippen LogP contribution is -2.16. The van der Waals surface area contributed by atoms with E-state index in [2.05, 4.69) is 30.1 Å². The number of hydrogen-bond acceptors (Lipinski definition) is 6. The summed E-state index contributed by atoms with van der Waals surface area (Å²) in [4.78, 5) is 3.43. The molecule has 0 amide bonds. The van der Waals surface area contributed by atoms with E-state index in [0.29, 0.717) is 17.8 Å². The number of anilines is 1. The number of aromatic amines is 1. The van der Waals surface area contributed by atoms with Gasteiger partial charge < -0.3 is 0 Å². The lowest BCUT2D eigenvalue weighted by Gasteiger charge is -2.14. The Hall–Kier alpha value is -3.16. The molecule has 2 N–H and O–H groups in total. The van der Waals surface area contributed by atoms with Gasteiger partial charge in [0, 0.05) is 17.4 Å². The van der Waals surface area contributed by atoms with E-state index in [1.807, 2.05) is 0 Å². The van der Waals surface area contributed by atoms with Crippen molar-refractivity contribution in [3.8, 4) is 17.2 Å². The van der Waals surface area contributed by atoms with Crippen LogP contribution in [0.4, 0.5) is 18.9 Å². The molecule has 3 heterocycles. The summed E-state index contributed by atoms with van der Waals surface area (Å²) in [5.41, 5.74) is -0.798. The smallest absolute Gasteiger partial charge is 0.284 e. The quantitative estimate of drug-likeness (QED) is 0.421. The molecule has 0 saturated heterocycles. The molecule has 0 spiro atoms. The van der Waals surface area contributed by atoms with Gasteiger partial charge in [0.15, 0.2) is 5.82 Å². The van der Waals surface area contributed by atoms with Crippen molar-refractivity contribution in [2.45, 2.75) is 11.1 Å². The molecule has 0 aliphatic rings. The molecule has 0 unspecified atom stereocenters. The van der Waals surface area contributed by atoms with E-state index >= 15 is 0 Å². The van der Waals surface area contributed by atoms with Crippen molar-refractivity contribution in [2.75, 3.05) is 4.72 Å². The molecular formula is C17H10Cl2F3N7O2S. The minimum Gasteiger partial charge on any atom is -0.284 e. The van der Waals surface area contributed by atoms with Gasteiger partial charge in [0.05, 0.1) is 33.1 Å². The monoisotopic (exact) mass is 503 g/mol. The van der Waals surface area contributed by atoms with Crippen molar-refractivity contribution in [1.29, 1.82) is 0 Å². The van der Waals surface area contributed by atoms with Crippen LogP contribution in [0.25, 0.3) is 17.2 Å². The van der Waals surface area contributed by atoms with Gasteiger partial charge in [0.1, 0.15) is 12.0 Å². The van der Waals surface area contributed by atoms with Gasteiger partial charge in [-0.15, -0.1) is 10.2 Å². The number of pyridine rings is 1. The highest BCUT2D eigenvalue weighted by atomic mass is 35.5. The summed E-state index contributed by atoms with van der Waals surface area (Å²) in [6.07, 6.45) is 0.818. The Morgan fingerprint density at radius 1 is 1.06 bits per heavy atom. The highest BCUT2D eigenvalue weighted by Gasteiger charge is 2.33. The maximum Gasteiger partial charge on any atom is 0.416 e. The normalized spacial score (nSPS) is 12.2. The number of halogens is 5. The van der Waals surface area contributed by atoms with Crippen LogP contribution in [0.2, 0.25) is 10.0 Å². The summed E-state index contributed by atoms with van der Waals surface area (Å²) in [5, 5.41) is 13.9. The zero-order valence-electron chi connectivity index (χ0n) is 15.5. The standard InChI is InChI=1S/C17H10Cl2F3N7O2S/c18-10-1-9(17(20,21)22)2-13(3-10)32(30,31)28-14-4-11(19)5-23-15(14)16-27-26-8-29(16)12-6-24-25-7-12/h1-8,28H,(H,24,25). The first-order valence-electron chi connectivity index (χ1n) is 8.50. The number of aromatic nitrogens is 6. The summed E-state index contributed by atoms with van der Waals surface area (Å²) in [7, 11) is -4.52. The molecule has 32 heavy (non-hydrogen) atoms. The van der Waals surface area contributed by atoms with Gasteiger partial charge in [0.25, 0.3) is 10.0 Å². The third-order valence-electron chi connectivity index (χ3n) is 4.13. The van der Waals surface area contributed by atoms with Crippen LogP contribution >= 0.6 is 23.2 Å². The number of H-pyrrole nitrogens is 1. The second kappa shape index (κ2) is 8.07. The molecule has 4 aromatic rings. The third-order valence-corrected chi connectivity index (χ3v) is 5.90. The molecule has 1 aromatic carbocycles. The van der Waals surface area contributed by atoms with Crippen molar-refractivity contribution < 1.29 is 21.6 Å². The predicted octanol–water partition coefficient (Wildman–Crippen LogP) is 4.18. The lowest BCUT2D eigenvalue weighted by atomic mass is 10.2. The van der Waals surface area contributed by atoms with Gasteiger partial charge in [-0.05, 0) is 24.3 Å². The predicted molar refractivity (Wildman–Crippen MR) is 109 cm³/mol. The van der Waals surface area contributed by atoms with Gasteiger partial charge >= 0.3 is 6.18 Å². The third kappa shape index (κ3) is 4.40. The Bertz CT molecular complexity index is 1390. The van der Waals surface area contributed by atoms with Gasteiger partial charge in [-0.3, -0.25) is 14.4 Å². The average Bonchev–Trinajstić information content (AvgIpc) is 3.38. The van der Waals surface area contributed by atoms with Crippen molar-refractivity contribution in [3.05, 3.63) is 64.8 Å². The van der Waals surface area contributed by atoms with Gasteiger partial charge in [0.2, 0.25) is 0 Å². The van der Waals surface area contributed by atoms with Crippen LogP contribution in [0, 0.1) is 0 Å². The highest BCUT2D eigenvalue weighted by molar-refractivity contribution is 7.92. The maximum absolute atomic E-state index is 13.1. The van der Waals surface area contributed by atoms with Crippen LogP contribution in [-0.4, -0.2) is 38.4 Å². The summed E-state index contributed by atoms with van der Waals surface area (Å²) >= 11 is 11.7. The summed E-state index contributed by atoms with van der Waals surface area (Å²) < 4.78 is 68.9. The number of hydrogen-bond donors (Lipinski definition) is 2. The second-order valence-corrected chi connectivity index (χ2v) is 8.86. The first-order chi connectivity index (χ1) is 15.0. The number of benzene rings is 1. The van der Waals surface area contributed by atoms with Crippen LogP contribution in [-0.2, 0) is 16.2 Å². The van der Waals surface area contributed by atoms with Crippen LogP contribution in [0.5, 0.6) is 0 Å². The van der Waals surface area contributed by atoms with E-state index in [4.69, 9.17) is 23.2 Å². The topological polar surface area (TPSA) is 118 Å². The molecule has 0 fully saturated rings. The van der Waals surface area contributed by atoms with Crippen molar-refractivity contribution in [2.24, 2.45) is 0 Å². The molecule has 4 rings (SSSR count). The molecule has 0 aliphatic carbocycles. The van der Waals surface area contributed by atoms with Gasteiger partial charge in [-0.2, -0.15) is 18.3 Å².